The number of rotatable bonds is 1. The molecule has 5 nitrogen and oxygen atoms in total. The minimum absolute atomic E-state index is 0.0382. The maximum atomic E-state index is 11.4. The van der Waals surface area contributed by atoms with Crippen molar-refractivity contribution in [1.82, 2.24) is 5.06 Å². The molecular formula is C9H9ClN2O3. The number of carbonyl (C=O) groups is 1. The predicted octanol–water partition coefficient (Wildman–Crippen LogP) is 0.694. The molecule has 80 valence electrons. The lowest BCUT2D eigenvalue weighted by atomic mass is 10.0. The Balaban J connectivity index is 2.50. The number of methoxy groups -OCH3 is 1. The second-order valence-electron chi connectivity index (χ2n) is 3.11. The number of esters is 1. The molecule has 2 heterocycles. The molecule has 1 N–H and O–H groups in total. The van der Waals surface area contributed by atoms with E-state index in [0.717, 1.165) is 0 Å². The van der Waals surface area contributed by atoms with Crippen molar-refractivity contribution in [3.05, 3.63) is 23.5 Å². The van der Waals surface area contributed by atoms with E-state index in [4.69, 9.17) is 11.6 Å². The van der Waals surface area contributed by atoms with Crippen molar-refractivity contribution < 1.29 is 14.7 Å². The van der Waals surface area contributed by atoms with Gasteiger partial charge in [0.25, 0.3) is 0 Å². The van der Waals surface area contributed by atoms with E-state index in [-0.39, 0.29) is 5.70 Å². The van der Waals surface area contributed by atoms with E-state index in [1.807, 2.05) is 0 Å². The molecule has 1 atom stereocenters. The second-order valence-corrected chi connectivity index (χ2v) is 3.63. The monoisotopic (exact) mass is 228 g/mol. The molecule has 0 saturated heterocycles. The summed E-state index contributed by atoms with van der Waals surface area (Å²) in [5, 5.41) is 9.82. The van der Waals surface area contributed by atoms with Crippen molar-refractivity contribution in [2.45, 2.75) is 5.38 Å². The van der Waals surface area contributed by atoms with Crippen LogP contribution in [0.5, 0.6) is 0 Å². The average Bonchev–Trinajstić information content (AvgIpc) is 2.60. The first-order chi connectivity index (χ1) is 7.15. The number of fused-ring (bicyclic) bond motifs is 1. The number of hydrogen-bond donors (Lipinski definition) is 1. The number of hydrogen-bond acceptors (Lipinski definition) is 5. The highest BCUT2D eigenvalue weighted by Gasteiger charge is 2.33. The van der Waals surface area contributed by atoms with Crippen molar-refractivity contribution in [3.63, 3.8) is 0 Å². The summed E-state index contributed by atoms with van der Waals surface area (Å²) in [7, 11) is 1.25. The number of halogens is 1. The van der Waals surface area contributed by atoms with E-state index < -0.39 is 11.3 Å². The van der Waals surface area contributed by atoms with Crippen LogP contribution in [0.3, 0.4) is 0 Å². The highest BCUT2D eigenvalue weighted by Crippen LogP contribution is 2.28. The summed E-state index contributed by atoms with van der Waals surface area (Å²) >= 11 is 5.99. The lowest BCUT2D eigenvalue weighted by Crippen LogP contribution is -2.29. The fourth-order valence-electron chi connectivity index (χ4n) is 1.57. The Morgan fingerprint density at radius 1 is 1.80 bits per heavy atom. The first-order valence-electron chi connectivity index (χ1n) is 4.33. The zero-order valence-corrected chi connectivity index (χ0v) is 8.73. The molecule has 1 unspecified atom stereocenters. The number of hydroxylamine groups is 2. The van der Waals surface area contributed by atoms with Crippen LogP contribution in [0.2, 0.25) is 0 Å². The quantitative estimate of drug-likeness (QED) is 0.530. The van der Waals surface area contributed by atoms with Crippen molar-refractivity contribution in [2.24, 2.45) is 4.99 Å². The summed E-state index contributed by atoms with van der Waals surface area (Å²) in [6, 6.07) is 0. The van der Waals surface area contributed by atoms with Gasteiger partial charge in [0.2, 0.25) is 0 Å². The molecule has 0 radical (unpaired) electrons. The van der Waals surface area contributed by atoms with Gasteiger partial charge in [0.15, 0.2) is 5.70 Å². The fraction of sp³-hybridized carbons (Fsp3) is 0.333. The van der Waals surface area contributed by atoms with Gasteiger partial charge < -0.3 is 4.74 Å². The first-order valence-corrected chi connectivity index (χ1v) is 4.76. The van der Waals surface area contributed by atoms with Crippen LogP contribution in [-0.4, -0.2) is 41.0 Å². The van der Waals surface area contributed by atoms with Gasteiger partial charge in [0, 0.05) is 11.8 Å². The highest BCUT2D eigenvalue weighted by atomic mass is 35.5. The maximum Gasteiger partial charge on any atom is 0.357 e. The average molecular weight is 229 g/mol. The Kier molecular flexibility index (Phi) is 2.50. The molecule has 2 aliphatic rings. The van der Waals surface area contributed by atoms with Crippen molar-refractivity contribution in [3.8, 4) is 0 Å². The van der Waals surface area contributed by atoms with Crippen LogP contribution in [0.4, 0.5) is 0 Å². The topological polar surface area (TPSA) is 62.1 Å². The van der Waals surface area contributed by atoms with Gasteiger partial charge in [-0.3, -0.25) is 10.2 Å². The Labute approximate surface area is 91.2 Å². The number of carbonyl (C=O) groups excluding carboxylic acids is 1. The first kappa shape index (κ1) is 10.2. The molecule has 6 heteroatoms. The van der Waals surface area contributed by atoms with Crippen molar-refractivity contribution >= 4 is 23.3 Å². The normalized spacial score (nSPS) is 24.1. The molecule has 0 aliphatic carbocycles. The molecule has 0 aromatic carbocycles. The third kappa shape index (κ3) is 1.53. The zero-order chi connectivity index (χ0) is 11.0. The van der Waals surface area contributed by atoms with Crippen LogP contribution in [0.15, 0.2) is 28.5 Å². The summed E-state index contributed by atoms with van der Waals surface area (Å²) in [4.78, 5) is 15.6. The molecule has 0 aromatic heterocycles. The van der Waals surface area contributed by atoms with Crippen LogP contribution in [0.1, 0.15) is 0 Å². The SMILES string of the molecule is COC(=O)C1=C2C(=NCC2Cl)C=CN1O. The zero-order valence-electron chi connectivity index (χ0n) is 7.98. The maximum absolute atomic E-state index is 11.4. The third-order valence-electron chi connectivity index (χ3n) is 2.25. The van der Waals surface area contributed by atoms with E-state index in [1.54, 1.807) is 6.08 Å². The smallest absolute Gasteiger partial charge is 0.357 e. The molecule has 0 saturated carbocycles. The van der Waals surface area contributed by atoms with E-state index in [9.17, 15) is 10.0 Å². The molecule has 0 amide bonds. The molecular weight excluding hydrogens is 220 g/mol. The summed E-state index contributed by atoms with van der Waals surface area (Å²) < 4.78 is 4.57. The summed E-state index contributed by atoms with van der Waals surface area (Å²) in [6.45, 7) is 0.408. The fourth-order valence-corrected chi connectivity index (χ4v) is 1.85. The summed E-state index contributed by atoms with van der Waals surface area (Å²) in [5.41, 5.74) is 1.19. The molecule has 2 aliphatic heterocycles. The summed E-state index contributed by atoms with van der Waals surface area (Å²) in [6.07, 6.45) is 2.94. The van der Waals surface area contributed by atoms with Gasteiger partial charge in [0.1, 0.15) is 0 Å². The van der Waals surface area contributed by atoms with Gasteiger partial charge in [-0.2, -0.15) is 0 Å². The standard InChI is InChI=1S/C9H9ClN2O3/c1-15-9(13)8-7-5(10)4-11-6(7)2-3-12(8)14/h2-3,5,14H,4H2,1H3. The van der Waals surface area contributed by atoms with Gasteiger partial charge in [-0.15, -0.1) is 11.6 Å². The van der Waals surface area contributed by atoms with Gasteiger partial charge in [0.05, 0.1) is 24.7 Å². The van der Waals surface area contributed by atoms with Crippen LogP contribution < -0.4 is 0 Å². The summed E-state index contributed by atoms with van der Waals surface area (Å²) in [5.74, 6) is -0.628. The van der Waals surface area contributed by atoms with Crippen molar-refractivity contribution in [1.29, 1.82) is 0 Å². The largest absolute Gasteiger partial charge is 0.464 e. The minimum atomic E-state index is -0.628. The Morgan fingerprint density at radius 3 is 3.20 bits per heavy atom. The molecule has 15 heavy (non-hydrogen) atoms. The van der Waals surface area contributed by atoms with E-state index >= 15 is 0 Å². The Morgan fingerprint density at radius 2 is 2.53 bits per heavy atom. The molecule has 0 aromatic rings. The lowest BCUT2D eigenvalue weighted by molar-refractivity contribution is -0.142. The number of alkyl halides is 1. The van der Waals surface area contributed by atoms with Gasteiger partial charge in [-0.1, -0.05) is 0 Å². The third-order valence-corrected chi connectivity index (χ3v) is 2.60. The number of nitrogens with zero attached hydrogens (tertiary/aromatic N) is 2. The van der Waals surface area contributed by atoms with E-state index in [2.05, 4.69) is 9.73 Å². The van der Waals surface area contributed by atoms with Crippen LogP contribution in [-0.2, 0) is 9.53 Å². The van der Waals surface area contributed by atoms with Crippen LogP contribution >= 0.6 is 11.6 Å². The van der Waals surface area contributed by atoms with Crippen LogP contribution in [0.25, 0.3) is 0 Å². The van der Waals surface area contributed by atoms with Gasteiger partial charge >= 0.3 is 5.97 Å². The number of aliphatic imine (C=N–C) groups is 1. The minimum Gasteiger partial charge on any atom is -0.464 e. The van der Waals surface area contributed by atoms with E-state index in [0.29, 0.717) is 22.9 Å². The van der Waals surface area contributed by atoms with Crippen LogP contribution in [0, 0.1) is 0 Å². The van der Waals surface area contributed by atoms with Gasteiger partial charge in [-0.25, -0.2) is 9.86 Å². The Hall–Kier alpha value is -1.33. The molecule has 0 bridgehead atoms. The van der Waals surface area contributed by atoms with E-state index in [1.165, 1.54) is 13.3 Å². The number of allylic oxidation sites excluding steroid dienone is 1. The number of ether oxygens (including phenoxy) is 1. The molecule has 2 rings (SSSR count). The Bertz CT molecular complexity index is 400. The molecule has 0 spiro atoms. The lowest BCUT2D eigenvalue weighted by Gasteiger charge is -2.21. The highest BCUT2D eigenvalue weighted by molar-refractivity contribution is 6.30. The second kappa shape index (κ2) is 3.67. The van der Waals surface area contributed by atoms with Crippen molar-refractivity contribution in [2.75, 3.05) is 13.7 Å². The predicted molar refractivity (Wildman–Crippen MR) is 53.8 cm³/mol. The molecule has 0 fully saturated rings. The van der Waals surface area contributed by atoms with Gasteiger partial charge in [-0.05, 0) is 6.08 Å².